The molecular formula is C13H20AuN3. The standard InChI is InChI=1S/C13H20N3.Au/c1-9(2)15-8-16(10(3)4)13-7-11(14)5-6-12(13)15;/h5-10H,14H2,1-4H3;/q-1;+1. The molecule has 0 unspecified atom stereocenters. The van der Waals surface area contributed by atoms with Crippen LogP contribution in [0.4, 0.5) is 17.1 Å². The molecule has 0 atom stereocenters. The van der Waals surface area contributed by atoms with Crippen molar-refractivity contribution in [3.8, 4) is 0 Å². The molecule has 0 spiro atoms. The summed E-state index contributed by atoms with van der Waals surface area (Å²) in [6, 6.07) is 7.03. The zero-order valence-corrected chi connectivity index (χ0v) is 12.9. The van der Waals surface area contributed by atoms with Crippen LogP contribution in [0.5, 0.6) is 0 Å². The van der Waals surface area contributed by atoms with Crippen LogP contribution in [0.3, 0.4) is 0 Å². The third-order valence-electron chi connectivity index (χ3n) is 2.92. The van der Waals surface area contributed by atoms with Crippen LogP contribution in [-0.4, -0.2) is 12.1 Å². The minimum atomic E-state index is 0. The molecule has 3 nitrogen and oxygen atoms in total. The molecule has 1 aliphatic heterocycles. The second-order valence-corrected chi connectivity index (χ2v) is 4.87. The van der Waals surface area contributed by atoms with Gasteiger partial charge in [-0.1, -0.05) is 0 Å². The summed E-state index contributed by atoms with van der Waals surface area (Å²) < 4.78 is 0. The van der Waals surface area contributed by atoms with Crippen LogP contribution in [0.15, 0.2) is 18.2 Å². The summed E-state index contributed by atoms with van der Waals surface area (Å²) in [6.45, 7) is 10.9. The molecule has 0 amide bonds. The van der Waals surface area contributed by atoms with Gasteiger partial charge in [0.2, 0.25) is 0 Å². The zero-order valence-electron chi connectivity index (χ0n) is 10.7. The van der Waals surface area contributed by atoms with Crippen molar-refractivity contribution in [2.24, 2.45) is 0 Å². The van der Waals surface area contributed by atoms with Crippen molar-refractivity contribution >= 4 is 17.1 Å². The van der Waals surface area contributed by atoms with E-state index < -0.39 is 0 Å². The third-order valence-corrected chi connectivity index (χ3v) is 2.92. The molecule has 0 saturated carbocycles. The molecule has 0 fully saturated rings. The molecule has 1 aromatic carbocycles. The zero-order chi connectivity index (χ0) is 11.9. The number of rotatable bonds is 2. The first kappa shape index (κ1) is 14.4. The second kappa shape index (κ2) is 5.34. The van der Waals surface area contributed by atoms with Crippen LogP contribution in [0.25, 0.3) is 0 Å². The molecule has 98 valence electrons. The number of anilines is 3. The molecule has 4 heteroatoms. The number of nitrogens with zero attached hydrogens (tertiary/aromatic N) is 2. The van der Waals surface area contributed by atoms with E-state index in [1.165, 1.54) is 11.4 Å². The molecule has 0 aromatic heterocycles. The van der Waals surface area contributed by atoms with Crippen LogP contribution in [0.1, 0.15) is 27.7 Å². The van der Waals surface area contributed by atoms with Gasteiger partial charge in [0.25, 0.3) is 0 Å². The van der Waals surface area contributed by atoms with Crippen molar-refractivity contribution in [1.82, 2.24) is 0 Å². The average Bonchev–Trinajstić information content (AvgIpc) is 2.56. The number of benzene rings is 1. The minimum absolute atomic E-state index is 0. The predicted molar refractivity (Wildman–Crippen MR) is 70.4 cm³/mol. The van der Waals surface area contributed by atoms with Crippen molar-refractivity contribution in [1.29, 1.82) is 0 Å². The number of nitrogens with two attached hydrogens (primary N) is 1. The van der Waals surface area contributed by atoms with Gasteiger partial charge in [0.15, 0.2) is 0 Å². The Hall–Kier alpha value is -0.640. The summed E-state index contributed by atoms with van der Waals surface area (Å²) >= 11 is 0. The SMILES string of the molecule is CC(C)N1[CH-]N(C(C)C)c2cc(N)ccc21.[Au+]. The van der Waals surface area contributed by atoms with E-state index >= 15 is 0 Å². The van der Waals surface area contributed by atoms with Crippen LogP contribution in [0.2, 0.25) is 0 Å². The quantitative estimate of drug-likeness (QED) is 0.458. The van der Waals surface area contributed by atoms with Gasteiger partial charge >= 0.3 is 22.4 Å². The molecule has 0 aliphatic carbocycles. The van der Waals surface area contributed by atoms with Crippen molar-refractivity contribution < 1.29 is 22.4 Å². The van der Waals surface area contributed by atoms with E-state index in [1.54, 1.807) is 0 Å². The smallest absolute Gasteiger partial charge is 0.500 e. The molecule has 0 bridgehead atoms. The number of nitrogen functional groups attached to an aromatic ring is 1. The second-order valence-electron chi connectivity index (χ2n) is 4.87. The first-order valence-electron chi connectivity index (χ1n) is 5.82. The van der Waals surface area contributed by atoms with Gasteiger partial charge in [0.05, 0.1) is 0 Å². The maximum absolute atomic E-state index is 5.86. The largest absolute Gasteiger partial charge is 1.00 e. The van der Waals surface area contributed by atoms with E-state index in [2.05, 4.69) is 50.2 Å². The summed E-state index contributed by atoms with van der Waals surface area (Å²) in [5.41, 5.74) is 9.14. The van der Waals surface area contributed by atoms with Crippen LogP contribution in [0, 0.1) is 6.67 Å². The van der Waals surface area contributed by atoms with Crippen molar-refractivity contribution in [3.63, 3.8) is 0 Å². The fourth-order valence-corrected chi connectivity index (χ4v) is 2.05. The third kappa shape index (κ3) is 2.62. The van der Waals surface area contributed by atoms with Gasteiger partial charge < -0.3 is 15.5 Å². The summed E-state index contributed by atoms with van der Waals surface area (Å²) in [6.07, 6.45) is 0. The molecule has 0 radical (unpaired) electrons. The molecule has 0 saturated heterocycles. The topological polar surface area (TPSA) is 32.5 Å². The van der Waals surface area contributed by atoms with E-state index in [0.717, 1.165) is 5.69 Å². The monoisotopic (exact) mass is 415 g/mol. The maximum Gasteiger partial charge on any atom is 1.00 e. The van der Waals surface area contributed by atoms with Gasteiger partial charge in [-0.3, -0.25) is 0 Å². The van der Waals surface area contributed by atoms with Gasteiger partial charge in [-0.25, -0.2) is 0 Å². The first-order valence-corrected chi connectivity index (χ1v) is 5.82. The van der Waals surface area contributed by atoms with Crippen LogP contribution < -0.4 is 15.5 Å². The summed E-state index contributed by atoms with van der Waals surface area (Å²) in [7, 11) is 0. The predicted octanol–water partition coefficient (Wildman–Crippen LogP) is 2.83. The Morgan fingerprint density at radius 2 is 1.53 bits per heavy atom. The normalized spacial score (nSPS) is 14.2. The van der Waals surface area contributed by atoms with E-state index in [0.29, 0.717) is 12.1 Å². The van der Waals surface area contributed by atoms with E-state index in [1.807, 2.05) is 12.1 Å². The van der Waals surface area contributed by atoms with Gasteiger partial charge in [-0.15, -0.1) is 0 Å². The Balaban J connectivity index is 0.00000144. The summed E-state index contributed by atoms with van der Waals surface area (Å²) in [5.74, 6) is 0. The van der Waals surface area contributed by atoms with Gasteiger partial charge in [-0.05, 0) is 58.0 Å². The maximum atomic E-state index is 5.86. The molecule has 1 aromatic rings. The molecule has 17 heavy (non-hydrogen) atoms. The fourth-order valence-electron chi connectivity index (χ4n) is 2.05. The van der Waals surface area contributed by atoms with Crippen molar-refractivity contribution in [2.75, 3.05) is 15.5 Å². The van der Waals surface area contributed by atoms with E-state index in [9.17, 15) is 0 Å². The molecular weight excluding hydrogens is 395 g/mol. The van der Waals surface area contributed by atoms with Crippen LogP contribution >= 0.6 is 0 Å². The molecule has 2 N–H and O–H groups in total. The summed E-state index contributed by atoms with van der Waals surface area (Å²) in [5, 5.41) is 0. The molecule has 1 heterocycles. The minimum Gasteiger partial charge on any atom is -0.500 e. The number of hydrogen-bond donors (Lipinski definition) is 1. The molecule has 1 aliphatic rings. The van der Waals surface area contributed by atoms with Gasteiger partial charge in [0, 0.05) is 17.1 Å². The Kier molecular flexibility index (Phi) is 4.53. The number of fused-ring (bicyclic) bond motifs is 1. The van der Waals surface area contributed by atoms with Gasteiger partial charge in [0.1, 0.15) is 0 Å². The van der Waals surface area contributed by atoms with Crippen LogP contribution in [-0.2, 0) is 22.4 Å². The van der Waals surface area contributed by atoms with E-state index in [-0.39, 0.29) is 22.4 Å². The first-order chi connectivity index (χ1) is 7.50. The Bertz CT molecular complexity index is 390. The Labute approximate surface area is 119 Å². The average molecular weight is 415 g/mol. The van der Waals surface area contributed by atoms with E-state index in [4.69, 9.17) is 5.73 Å². The summed E-state index contributed by atoms with van der Waals surface area (Å²) in [4.78, 5) is 4.56. The Morgan fingerprint density at radius 3 is 2.06 bits per heavy atom. The Morgan fingerprint density at radius 1 is 1.00 bits per heavy atom. The fraction of sp³-hybridized carbons (Fsp3) is 0.462. The molecule has 2 rings (SSSR count). The number of hydrogen-bond acceptors (Lipinski definition) is 3. The van der Waals surface area contributed by atoms with Gasteiger partial charge in [-0.2, -0.15) is 6.67 Å². The van der Waals surface area contributed by atoms with Crippen molar-refractivity contribution in [2.45, 2.75) is 39.8 Å². The van der Waals surface area contributed by atoms with Crippen molar-refractivity contribution in [3.05, 3.63) is 24.9 Å².